The summed E-state index contributed by atoms with van der Waals surface area (Å²) in [6.45, 7) is 0.725. The van der Waals surface area contributed by atoms with Gasteiger partial charge in [0.05, 0.1) is 7.11 Å². The van der Waals surface area contributed by atoms with Gasteiger partial charge in [-0.1, -0.05) is 28.4 Å². The molecule has 4 heteroatoms. The Morgan fingerprint density at radius 2 is 2.18 bits per heavy atom. The molecule has 0 bridgehead atoms. The molecule has 0 saturated carbocycles. The van der Waals surface area contributed by atoms with E-state index in [9.17, 15) is 4.79 Å². The van der Waals surface area contributed by atoms with Crippen molar-refractivity contribution in [3.8, 4) is 5.75 Å². The van der Waals surface area contributed by atoms with Gasteiger partial charge in [0.1, 0.15) is 5.75 Å². The van der Waals surface area contributed by atoms with E-state index in [4.69, 9.17) is 4.74 Å². The van der Waals surface area contributed by atoms with Crippen LogP contribution in [0.3, 0.4) is 0 Å². The van der Waals surface area contributed by atoms with E-state index in [1.54, 1.807) is 19.2 Å². The predicted molar refractivity (Wildman–Crippen MR) is 73.0 cm³/mol. The first-order valence-electron chi connectivity index (χ1n) is 5.76. The second-order valence-corrected chi connectivity index (χ2v) is 4.53. The minimum absolute atomic E-state index is 0.0391. The van der Waals surface area contributed by atoms with Gasteiger partial charge in [0, 0.05) is 17.4 Å². The average Bonchev–Trinajstić information content (AvgIpc) is 2.38. The molecule has 1 aromatic carbocycles. The number of hydrogen-bond donors (Lipinski definition) is 1. The third-order valence-corrected chi connectivity index (χ3v) is 2.99. The van der Waals surface area contributed by atoms with Crippen LogP contribution in [-0.2, 0) is 0 Å². The van der Waals surface area contributed by atoms with Gasteiger partial charge in [0.15, 0.2) is 0 Å². The third-order valence-electron chi connectivity index (χ3n) is 2.43. The lowest BCUT2D eigenvalue weighted by molar-refractivity contribution is 0.0952. The number of halogens is 1. The van der Waals surface area contributed by atoms with Crippen LogP contribution < -0.4 is 10.1 Å². The SMILES string of the molecule is COc1cccc(C(=O)NCCCCCBr)c1. The van der Waals surface area contributed by atoms with E-state index >= 15 is 0 Å². The highest BCUT2D eigenvalue weighted by Gasteiger charge is 2.05. The molecule has 0 fully saturated rings. The Morgan fingerprint density at radius 1 is 1.35 bits per heavy atom. The molecule has 0 aliphatic rings. The van der Waals surface area contributed by atoms with Gasteiger partial charge >= 0.3 is 0 Å². The number of rotatable bonds is 7. The van der Waals surface area contributed by atoms with E-state index in [0.717, 1.165) is 31.1 Å². The molecule has 17 heavy (non-hydrogen) atoms. The third kappa shape index (κ3) is 5.22. The normalized spacial score (nSPS) is 10.0. The maximum atomic E-state index is 11.8. The van der Waals surface area contributed by atoms with E-state index in [-0.39, 0.29) is 5.91 Å². The lowest BCUT2D eigenvalue weighted by Gasteiger charge is -2.06. The van der Waals surface area contributed by atoms with E-state index < -0.39 is 0 Å². The molecule has 94 valence electrons. The fourth-order valence-electron chi connectivity index (χ4n) is 1.46. The van der Waals surface area contributed by atoms with Crippen molar-refractivity contribution in [3.05, 3.63) is 29.8 Å². The minimum atomic E-state index is -0.0391. The molecule has 0 atom stereocenters. The molecule has 0 spiro atoms. The minimum Gasteiger partial charge on any atom is -0.497 e. The average molecular weight is 300 g/mol. The van der Waals surface area contributed by atoms with Gasteiger partial charge in [-0.15, -0.1) is 0 Å². The topological polar surface area (TPSA) is 38.3 Å². The fraction of sp³-hybridized carbons (Fsp3) is 0.462. The molecule has 0 saturated heterocycles. The molecule has 3 nitrogen and oxygen atoms in total. The number of unbranched alkanes of at least 4 members (excludes halogenated alkanes) is 2. The van der Waals surface area contributed by atoms with Crippen LogP contribution in [0.4, 0.5) is 0 Å². The number of methoxy groups -OCH3 is 1. The first-order chi connectivity index (χ1) is 8.27. The molecule has 0 aliphatic heterocycles. The number of alkyl halides is 1. The zero-order valence-electron chi connectivity index (χ0n) is 10.0. The highest BCUT2D eigenvalue weighted by molar-refractivity contribution is 9.09. The molecular weight excluding hydrogens is 282 g/mol. The van der Waals surface area contributed by atoms with Crippen molar-refractivity contribution >= 4 is 21.8 Å². The second-order valence-electron chi connectivity index (χ2n) is 3.74. The van der Waals surface area contributed by atoms with Crippen molar-refractivity contribution < 1.29 is 9.53 Å². The maximum Gasteiger partial charge on any atom is 0.251 e. The monoisotopic (exact) mass is 299 g/mol. The summed E-state index contributed by atoms with van der Waals surface area (Å²) in [6.07, 6.45) is 3.29. The lowest BCUT2D eigenvalue weighted by Crippen LogP contribution is -2.24. The Morgan fingerprint density at radius 3 is 2.88 bits per heavy atom. The number of benzene rings is 1. The van der Waals surface area contributed by atoms with Crippen molar-refractivity contribution in [3.63, 3.8) is 0 Å². The summed E-state index contributed by atoms with van der Waals surface area (Å²) in [5, 5.41) is 3.92. The van der Waals surface area contributed by atoms with Crippen molar-refractivity contribution in [1.82, 2.24) is 5.32 Å². The highest BCUT2D eigenvalue weighted by Crippen LogP contribution is 2.12. The molecule has 0 aromatic heterocycles. The quantitative estimate of drug-likeness (QED) is 0.621. The Labute approximate surface area is 111 Å². The van der Waals surface area contributed by atoms with Crippen molar-refractivity contribution in [2.45, 2.75) is 19.3 Å². The van der Waals surface area contributed by atoms with Crippen molar-refractivity contribution in [2.24, 2.45) is 0 Å². The number of nitrogens with one attached hydrogen (secondary N) is 1. The number of hydrogen-bond acceptors (Lipinski definition) is 2. The van der Waals surface area contributed by atoms with Crippen molar-refractivity contribution in [2.75, 3.05) is 19.0 Å². The number of carbonyl (C=O) groups is 1. The van der Waals surface area contributed by atoms with Crippen LogP contribution in [0.25, 0.3) is 0 Å². The summed E-state index contributed by atoms with van der Waals surface area (Å²) < 4.78 is 5.08. The van der Waals surface area contributed by atoms with E-state index in [1.165, 1.54) is 0 Å². The van der Waals surface area contributed by atoms with Gasteiger partial charge in [0.25, 0.3) is 5.91 Å². The highest BCUT2D eigenvalue weighted by atomic mass is 79.9. The molecule has 0 aliphatic carbocycles. The smallest absolute Gasteiger partial charge is 0.251 e. The van der Waals surface area contributed by atoms with Crippen LogP contribution in [0, 0.1) is 0 Å². The summed E-state index contributed by atoms with van der Waals surface area (Å²) in [4.78, 5) is 11.8. The zero-order chi connectivity index (χ0) is 12.5. The van der Waals surface area contributed by atoms with Crippen LogP contribution in [0.2, 0.25) is 0 Å². The second kappa shape index (κ2) is 8.12. The summed E-state index contributed by atoms with van der Waals surface area (Å²) in [5.74, 6) is 0.666. The molecule has 1 aromatic rings. The van der Waals surface area contributed by atoms with Crippen molar-refractivity contribution in [1.29, 1.82) is 0 Å². The van der Waals surface area contributed by atoms with Gasteiger partial charge in [-0.25, -0.2) is 0 Å². The Hall–Kier alpha value is -1.03. The molecular formula is C13H18BrNO2. The Kier molecular flexibility index (Phi) is 6.70. The van der Waals surface area contributed by atoms with Gasteiger partial charge in [-0.05, 0) is 31.0 Å². The molecule has 1 rings (SSSR count). The zero-order valence-corrected chi connectivity index (χ0v) is 11.6. The van der Waals surface area contributed by atoms with Crippen LogP contribution in [0.5, 0.6) is 5.75 Å². The number of carbonyl (C=O) groups excluding carboxylic acids is 1. The van der Waals surface area contributed by atoms with Crippen LogP contribution >= 0.6 is 15.9 Å². The van der Waals surface area contributed by atoms with Gasteiger partial charge in [-0.3, -0.25) is 4.79 Å². The van der Waals surface area contributed by atoms with Gasteiger partial charge in [0.2, 0.25) is 0 Å². The molecule has 0 radical (unpaired) electrons. The standard InChI is InChI=1S/C13H18BrNO2/c1-17-12-7-5-6-11(10-12)13(16)15-9-4-2-3-8-14/h5-7,10H,2-4,8-9H2,1H3,(H,15,16). The maximum absolute atomic E-state index is 11.8. The summed E-state index contributed by atoms with van der Waals surface area (Å²) in [5.41, 5.74) is 0.643. The molecule has 0 heterocycles. The fourth-order valence-corrected chi connectivity index (χ4v) is 1.86. The Bertz CT molecular complexity index is 355. The number of amides is 1. The Balaban J connectivity index is 2.36. The molecule has 1 amide bonds. The van der Waals surface area contributed by atoms with E-state index in [1.807, 2.05) is 12.1 Å². The largest absolute Gasteiger partial charge is 0.497 e. The van der Waals surface area contributed by atoms with E-state index in [2.05, 4.69) is 21.2 Å². The summed E-state index contributed by atoms with van der Waals surface area (Å²) in [6, 6.07) is 7.18. The van der Waals surface area contributed by atoms with Crippen LogP contribution in [0.15, 0.2) is 24.3 Å². The lowest BCUT2D eigenvalue weighted by atomic mass is 10.2. The summed E-state index contributed by atoms with van der Waals surface area (Å²) in [7, 11) is 1.59. The van der Waals surface area contributed by atoms with Gasteiger partial charge < -0.3 is 10.1 Å². The first-order valence-corrected chi connectivity index (χ1v) is 6.88. The predicted octanol–water partition coefficient (Wildman–Crippen LogP) is 2.99. The van der Waals surface area contributed by atoms with E-state index in [0.29, 0.717) is 11.3 Å². The summed E-state index contributed by atoms with van der Waals surface area (Å²) >= 11 is 3.38. The number of ether oxygens (including phenoxy) is 1. The van der Waals surface area contributed by atoms with Gasteiger partial charge in [-0.2, -0.15) is 0 Å². The molecule has 1 N–H and O–H groups in total. The van der Waals surface area contributed by atoms with Crippen LogP contribution in [0.1, 0.15) is 29.6 Å². The van der Waals surface area contributed by atoms with Crippen LogP contribution in [-0.4, -0.2) is 24.9 Å². The molecule has 0 unspecified atom stereocenters. The first kappa shape index (κ1) is 14.0.